The number of benzene rings is 3. The Labute approximate surface area is 253 Å². The lowest BCUT2D eigenvalue weighted by Gasteiger charge is -2.13. The molecule has 10 heteroatoms. The molecule has 5 rings (SSSR count). The van der Waals surface area contributed by atoms with Crippen LogP contribution >= 0.6 is 0 Å². The van der Waals surface area contributed by atoms with Gasteiger partial charge in [-0.2, -0.15) is 0 Å². The molecule has 1 heterocycles. The highest BCUT2D eigenvalue weighted by Crippen LogP contribution is 2.30. The fraction of sp³-hybridized carbons (Fsp3) is 0.290. The Morgan fingerprint density at radius 1 is 1.12 bits per heavy atom. The van der Waals surface area contributed by atoms with Crippen LogP contribution in [0.25, 0.3) is 10.9 Å². The average molecular weight is 586 g/mol. The van der Waals surface area contributed by atoms with Crippen molar-refractivity contribution in [3.05, 3.63) is 89.1 Å². The second kappa shape index (κ2) is 11.7. The van der Waals surface area contributed by atoms with Crippen molar-refractivity contribution in [2.75, 3.05) is 12.4 Å². The Balaban J connectivity index is 1.50. The van der Waals surface area contributed by atoms with Gasteiger partial charge in [0.25, 0.3) is 15.9 Å². The Kier molecular flexibility index (Phi) is 5.17. The van der Waals surface area contributed by atoms with Gasteiger partial charge < -0.3 is 14.0 Å². The molecule has 1 saturated carbocycles. The number of nitrogens with zero attached hydrogens (tertiary/aromatic N) is 1. The van der Waals surface area contributed by atoms with Crippen molar-refractivity contribution in [1.29, 1.82) is 0 Å². The van der Waals surface area contributed by atoms with Crippen molar-refractivity contribution in [2.45, 2.75) is 49.9 Å². The number of hydrogen-bond donors (Lipinski definition) is 2. The first kappa shape index (κ1) is 18.2. The van der Waals surface area contributed by atoms with Crippen LogP contribution in [0.2, 0.25) is 0 Å². The number of rotatable bonds is 8. The fourth-order valence-corrected chi connectivity index (χ4v) is 5.60. The maximum atomic E-state index is 13.1. The van der Waals surface area contributed by atoms with E-state index in [4.69, 9.17) is 23.2 Å². The second-order valence-corrected chi connectivity index (χ2v) is 10.9. The van der Waals surface area contributed by atoms with Crippen LogP contribution < -0.4 is 14.8 Å². The molecular formula is C31H33N3O6S. The molecule has 0 bridgehead atoms. The molecule has 2 amide bonds. The predicted molar refractivity (Wildman–Crippen MR) is 157 cm³/mol. The van der Waals surface area contributed by atoms with E-state index in [0.29, 0.717) is 11.1 Å². The van der Waals surface area contributed by atoms with Gasteiger partial charge in [0.05, 0.1) is 17.4 Å². The second-order valence-electron chi connectivity index (χ2n) is 9.22. The zero-order valence-corrected chi connectivity index (χ0v) is 22.9. The standard InChI is InChI=1S/C31H33N3O6S/c1-20-8-4-7-11-29(20)41(37,38)33-30(35)22-13-12-21(28(17-22)39-3)16-23-19-34(2)27-15-14-24(18-26(23)27)32-31(36)40-25-9-5-6-10-25/h4,7-8,11-15,17-19,25H,5-6,9-10,16H2,1-3H3,(H,32,36)(H,33,35)/i3D3,9D2,10D2,16D2,25D. The van der Waals surface area contributed by atoms with Crippen molar-refractivity contribution in [1.82, 2.24) is 9.29 Å². The topological polar surface area (TPSA) is 116 Å². The van der Waals surface area contributed by atoms with Gasteiger partial charge in [0.2, 0.25) is 0 Å². The molecule has 0 atom stereocenters. The molecule has 1 aromatic heterocycles. The van der Waals surface area contributed by atoms with Gasteiger partial charge in [0, 0.05) is 50.0 Å². The number of aryl methyl sites for hydroxylation is 2. The van der Waals surface area contributed by atoms with Gasteiger partial charge in [-0.05, 0) is 85.6 Å². The lowest BCUT2D eigenvalue weighted by atomic mass is 10.0. The number of fused-ring (bicyclic) bond motifs is 1. The zero-order valence-electron chi connectivity index (χ0n) is 32.1. The van der Waals surface area contributed by atoms with Crippen molar-refractivity contribution < 1.29 is 41.2 Å². The van der Waals surface area contributed by atoms with Gasteiger partial charge in [-0.15, -0.1) is 0 Å². The van der Waals surface area contributed by atoms with E-state index >= 15 is 0 Å². The average Bonchev–Trinajstić information content (AvgIpc) is 3.42. The summed E-state index contributed by atoms with van der Waals surface area (Å²) in [4.78, 5) is 25.8. The summed E-state index contributed by atoms with van der Waals surface area (Å²) in [6, 6.07) is 13.4. The molecule has 0 spiro atoms. The Bertz CT molecular complexity index is 2140. The predicted octanol–water partition coefficient (Wildman–Crippen LogP) is 5.70. The zero-order chi connectivity index (χ0) is 37.9. The van der Waals surface area contributed by atoms with Gasteiger partial charge >= 0.3 is 6.09 Å². The molecule has 0 saturated heterocycles. The monoisotopic (exact) mass is 585 g/mol. The van der Waals surface area contributed by atoms with Gasteiger partial charge in [-0.3, -0.25) is 10.1 Å². The quantitative estimate of drug-likeness (QED) is 0.274. The summed E-state index contributed by atoms with van der Waals surface area (Å²) in [5.41, 5.74) is 0.161. The first-order valence-electron chi connectivity index (χ1n) is 17.4. The maximum absolute atomic E-state index is 13.1. The maximum Gasteiger partial charge on any atom is 0.411 e. The summed E-state index contributed by atoms with van der Waals surface area (Å²) >= 11 is 0. The third-order valence-electron chi connectivity index (χ3n) is 6.36. The molecule has 0 radical (unpaired) electrons. The minimum Gasteiger partial charge on any atom is -0.496 e. The molecular weight excluding hydrogens is 542 g/mol. The summed E-state index contributed by atoms with van der Waals surface area (Å²) in [6.45, 7) is 1.54. The van der Waals surface area contributed by atoms with Gasteiger partial charge in [-0.1, -0.05) is 24.3 Å². The number of aromatic nitrogens is 1. The Morgan fingerprint density at radius 3 is 2.66 bits per heavy atom. The number of amides is 2. The van der Waals surface area contributed by atoms with Crippen LogP contribution in [-0.2, 0) is 28.2 Å². The van der Waals surface area contributed by atoms with Crippen molar-refractivity contribution in [3.63, 3.8) is 0 Å². The molecule has 9 nitrogen and oxygen atoms in total. The molecule has 41 heavy (non-hydrogen) atoms. The van der Waals surface area contributed by atoms with E-state index in [1.54, 1.807) is 30.7 Å². The van der Waals surface area contributed by atoms with Crippen LogP contribution in [0.4, 0.5) is 10.5 Å². The van der Waals surface area contributed by atoms with Crippen LogP contribution in [0.3, 0.4) is 0 Å². The lowest BCUT2D eigenvalue weighted by molar-refractivity contribution is 0.0980. The van der Waals surface area contributed by atoms with Gasteiger partial charge in [0.15, 0.2) is 0 Å². The van der Waals surface area contributed by atoms with Crippen LogP contribution in [-0.4, -0.2) is 38.1 Å². The fourth-order valence-electron chi connectivity index (χ4n) is 4.38. The molecule has 0 unspecified atom stereocenters. The van der Waals surface area contributed by atoms with E-state index in [-0.39, 0.29) is 45.5 Å². The summed E-state index contributed by atoms with van der Waals surface area (Å²) < 4.78 is 121. The number of hydrogen-bond acceptors (Lipinski definition) is 6. The lowest BCUT2D eigenvalue weighted by Crippen LogP contribution is -2.31. The van der Waals surface area contributed by atoms with Crippen LogP contribution in [0.15, 0.2) is 71.8 Å². The normalized spacial score (nSPS) is 21.2. The largest absolute Gasteiger partial charge is 0.496 e. The molecule has 214 valence electrons. The minimum absolute atomic E-state index is 0.0271. The number of anilines is 1. The molecule has 1 aliphatic carbocycles. The number of nitrogens with one attached hydrogen (secondary N) is 2. The van der Waals surface area contributed by atoms with Crippen LogP contribution in [0, 0.1) is 6.92 Å². The molecule has 3 aromatic carbocycles. The number of ether oxygens (including phenoxy) is 2. The number of carbonyl (C=O) groups is 2. The Morgan fingerprint density at radius 2 is 1.90 bits per heavy atom. The Hall–Kier alpha value is -4.31. The first-order valence-corrected chi connectivity index (χ1v) is 13.9. The first-order chi connectivity index (χ1) is 23.4. The molecule has 1 fully saturated rings. The number of sulfonamides is 1. The van der Waals surface area contributed by atoms with Crippen molar-refractivity contribution in [3.8, 4) is 5.75 Å². The smallest absolute Gasteiger partial charge is 0.411 e. The van der Waals surface area contributed by atoms with E-state index in [0.717, 1.165) is 18.2 Å². The molecule has 0 aliphatic heterocycles. The molecule has 2 N–H and O–H groups in total. The van der Waals surface area contributed by atoms with E-state index in [1.807, 2.05) is 4.72 Å². The third-order valence-corrected chi connectivity index (χ3v) is 7.85. The summed E-state index contributed by atoms with van der Waals surface area (Å²) in [6.07, 6.45) is -10.9. The van der Waals surface area contributed by atoms with E-state index < -0.39 is 60.0 Å². The SMILES string of the molecule is [2H]C([2H])([2H])Oc1cc(C(=O)NS(=O)(=O)c2ccccc2C)ccc1C([2H])([2H])c1cn(C)c2ccc(NC(=O)OC3([2H])C([2H])([2H])CCC3([2H])[2H])cc12. The number of carbonyl (C=O) groups excluding carboxylic acids is 2. The van der Waals surface area contributed by atoms with Crippen molar-refractivity contribution in [2.24, 2.45) is 7.05 Å². The van der Waals surface area contributed by atoms with Crippen molar-refractivity contribution >= 4 is 38.6 Å². The molecule has 1 aliphatic rings. The van der Waals surface area contributed by atoms with E-state index in [9.17, 15) is 18.0 Å². The van der Waals surface area contributed by atoms with E-state index in [2.05, 4.69) is 5.32 Å². The van der Waals surface area contributed by atoms with Crippen LogP contribution in [0.5, 0.6) is 5.75 Å². The van der Waals surface area contributed by atoms with Gasteiger partial charge in [-0.25, -0.2) is 17.9 Å². The van der Waals surface area contributed by atoms with E-state index in [1.165, 1.54) is 36.5 Å². The van der Waals surface area contributed by atoms with Crippen LogP contribution in [0.1, 0.15) is 66.3 Å². The highest BCUT2D eigenvalue weighted by atomic mass is 32.2. The summed E-state index contributed by atoms with van der Waals surface area (Å²) in [7, 11) is -5.84. The van der Waals surface area contributed by atoms with Gasteiger partial charge in [0.1, 0.15) is 11.8 Å². The summed E-state index contributed by atoms with van der Waals surface area (Å²) in [5.74, 6) is -1.70. The highest BCUT2D eigenvalue weighted by Gasteiger charge is 2.22. The number of methoxy groups -OCH3 is 1. The third kappa shape index (κ3) is 6.22. The molecule has 4 aromatic rings. The minimum atomic E-state index is -4.34. The summed E-state index contributed by atoms with van der Waals surface area (Å²) in [5, 5.41) is 2.57. The highest BCUT2D eigenvalue weighted by molar-refractivity contribution is 7.90.